The molecule has 3 N–H and O–H groups in total. The number of fused-ring (bicyclic) bond motifs is 1. The molecule has 160 valence electrons. The van der Waals surface area contributed by atoms with Crippen LogP contribution in [0.2, 0.25) is 0 Å². The molecule has 3 aromatic rings. The van der Waals surface area contributed by atoms with E-state index in [-0.39, 0.29) is 23.9 Å². The minimum Gasteiger partial charge on any atom is -0.383 e. The van der Waals surface area contributed by atoms with Crippen LogP contribution in [0.25, 0.3) is 10.9 Å². The van der Waals surface area contributed by atoms with E-state index in [9.17, 15) is 14.0 Å². The van der Waals surface area contributed by atoms with E-state index in [0.717, 1.165) is 18.4 Å². The number of hydrogen-bond donors (Lipinski definition) is 2. The Morgan fingerprint density at radius 3 is 2.83 bits per heavy atom. The number of unbranched alkanes of at least 4 members (excludes halogenated alkanes) is 1. The van der Waals surface area contributed by atoms with Crippen molar-refractivity contribution in [1.29, 1.82) is 0 Å². The minimum absolute atomic E-state index is 0.104. The number of aromatic nitrogens is 3. The maximum Gasteiger partial charge on any atom is 0.330 e. The van der Waals surface area contributed by atoms with Gasteiger partial charge >= 0.3 is 5.69 Å². The molecule has 0 unspecified atom stereocenters. The standard InChI is InChI=1S/C21H26FN5O3/c1-3-4-10-27-19(23)18(20(28)25-21(27)29)26(11-12-30-2)13-14-7-8-16(22)15-6-5-9-24-17(14)15/h5-9H,3-4,10-13,23H2,1-2H3,(H,25,28,29). The Hall–Kier alpha value is -3.20. The van der Waals surface area contributed by atoms with Crippen LogP contribution in [0.15, 0.2) is 40.1 Å². The summed E-state index contributed by atoms with van der Waals surface area (Å²) in [5.41, 5.74) is 6.60. The number of halogens is 1. The van der Waals surface area contributed by atoms with Gasteiger partial charge in [0.25, 0.3) is 5.56 Å². The number of nitrogen functional groups attached to an aromatic ring is 1. The molecule has 0 amide bonds. The van der Waals surface area contributed by atoms with Crippen molar-refractivity contribution in [3.05, 3.63) is 62.7 Å². The summed E-state index contributed by atoms with van der Waals surface area (Å²) in [5, 5.41) is 0.400. The molecule has 2 aromatic heterocycles. The maximum atomic E-state index is 14.2. The first-order valence-corrected chi connectivity index (χ1v) is 9.86. The van der Waals surface area contributed by atoms with Crippen molar-refractivity contribution in [2.45, 2.75) is 32.9 Å². The summed E-state index contributed by atoms with van der Waals surface area (Å²) in [6.45, 7) is 3.34. The van der Waals surface area contributed by atoms with Gasteiger partial charge in [-0.2, -0.15) is 0 Å². The minimum atomic E-state index is -0.569. The summed E-state index contributed by atoms with van der Waals surface area (Å²) >= 11 is 0. The Balaban J connectivity index is 2.09. The molecule has 30 heavy (non-hydrogen) atoms. The molecule has 0 bridgehead atoms. The Bertz CT molecular complexity index is 1140. The van der Waals surface area contributed by atoms with Crippen molar-refractivity contribution in [3.8, 4) is 0 Å². The van der Waals surface area contributed by atoms with Crippen molar-refractivity contribution in [3.63, 3.8) is 0 Å². The molecule has 0 saturated carbocycles. The molecule has 3 rings (SSSR count). The molecule has 0 saturated heterocycles. The summed E-state index contributed by atoms with van der Waals surface area (Å²) in [6.07, 6.45) is 3.22. The molecule has 0 radical (unpaired) electrons. The lowest BCUT2D eigenvalue weighted by atomic mass is 10.1. The fraction of sp³-hybridized carbons (Fsp3) is 0.381. The van der Waals surface area contributed by atoms with Crippen molar-refractivity contribution >= 4 is 22.4 Å². The third kappa shape index (κ3) is 4.35. The van der Waals surface area contributed by atoms with E-state index in [1.807, 2.05) is 6.92 Å². The Morgan fingerprint density at radius 1 is 1.30 bits per heavy atom. The molecular weight excluding hydrogens is 389 g/mol. The van der Waals surface area contributed by atoms with Crippen molar-refractivity contribution in [1.82, 2.24) is 14.5 Å². The zero-order chi connectivity index (χ0) is 21.7. The summed E-state index contributed by atoms with van der Waals surface area (Å²) in [5.74, 6) is -0.261. The van der Waals surface area contributed by atoms with E-state index in [4.69, 9.17) is 10.5 Å². The van der Waals surface area contributed by atoms with E-state index in [1.54, 1.807) is 36.4 Å². The average molecular weight is 415 g/mol. The van der Waals surface area contributed by atoms with Crippen LogP contribution in [0.5, 0.6) is 0 Å². The molecule has 0 spiro atoms. The predicted octanol–water partition coefficient (Wildman–Crippen LogP) is 2.26. The average Bonchev–Trinajstić information content (AvgIpc) is 2.73. The molecule has 2 heterocycles. The van der Waals surface area contributed by atoms with Gasteiger partial charge in [0, 0.05) is 38.3 Å². The predicted molar refractivity (Wildman–Crippen MR) is 115 cm³/mol. The van der Waals surface area contributed by atoms with E-state index in [0.29, 0.717) is 30.6 Å². The highest BCUT2D eigenvalue weighted by Crippen LogP contribution is 2.24. The second-order valence-corrected chi connectivity index (χ2v) is 7.02. The lowest BCUT2D eigenvalue weighted by Gasteiger charge is -2.26. The van der Waals surface area contributed by atoms with E-state index in [2.05, 4.69) is 9.97 Å². The lowest BCUT2D eigenvalue weighted by Crippen LogP contribution is -2.39. The number of nitrogens with two attached hydrogens (primary N) is 1. The van der Waals surface area contributed by atoms with Gasteiger partial charge in [0.15, 0.2) is 0 Å². The number of nitrogens with zero attached hydrogens (tertiary/aromatic N) is 3. The molecular formula is C21H26FN5O3. The van der Waals surface area contributed by atoms with E-state index in [1.165, 1.54) is 10.6 Å². The maximum absolute atomic E-state index is 14.2. The van der Waals surface area contributed by atoms with Gasteiger partial charge in [-0.1, -0.05) is 19.4 Å². The summed E-state index contributed by atoms with van der Waals surface area (Å²) in [4.78, 5) is 33.4. The van der Waals surface area contributed by atoms with Gasteiger partial charge in [-0.05, 0) is 30.2 Å². The normalized spacial score (nSPS) is 11.2. The molecule has 1 aromatic carbocycles. The second kappa shape index (κ2) is 9.53. The van der Waals surface area contributed by atoms with Crippen LogP contribution in [-0.2, 0) is 17.8 Å². The number of H-pyrrole nitrogens is 1. The molecule has 0 atom stereocenters. The van der Waals surface area contributed by atoms with Crippen molar-refractivity contribution in [2.75, 3.05) is 30.9 Å². The summed E-state index contributed by atoms with van der Waals surface area (Å²) in [6, 6.07) is 6.35. The highest BCUT2D eigenvalue weighted by molar-refractivity contribution is 5.82. The highest BCUT2D eigenvalue weighted by atomic mass is 19.1. The quantitative estimate of drug-likeness (QED) is 0.555. The molecule has 0 fully saturated rings. The fourth-order valence-electron chi connectivity index (χ4n) is 3.42. The van der Waals surface area contributed by atoms with E-state index >= 15 is 0 Å². The van der Waals surface area contributed by atoms with Gasteiger partial charge in [-0.15, -0.1) is 0 Å². The Labute approximate surface area is 173 Å². The fourth-order valence-corrected chi connectivity index (χ4v) is 3.42. The smallest absolute Gasteiger partial charge is 0.330 e. The van der Waals surface area contributed by atoms with Gasteiger partial charge in [0.1, 0.15) is 17.3 Å². The Kier molecular flexibility index (Phi) is 6.83. The van der Waals surface area contributed by atoms with Gasteiger partial charge in [0.05, 0.1) is 12.1 Å². The zero-order valence-electron chi connectivity index (χ0n) is 17.2. The van der Waals surface area contributed by atoms with Gasteiger partial charge in [-0.3, -0.25) is 19.3 Å². The largest absolute Gasteiger partial charge is 0.383 e. The van der Waals surface area contributed by atoms with Crippen LogP contribution in [0.4, 0.5) is 15.9 Å². The van der Waals surface area contributed by atoms with Crippen molar-refractivity contribution in [2.24, 2.45) is 0 Å². The number of hydrogen-bond acceptors (Lipinski definition) is 6. The number of aromatic amines is 1. The highest BCUT2D eigenvalue weighted by Gasteiger charge is 2.20. The van der Waals surface area contributed by atoms with Crippen molar-refractivity contribution < 1.29 is 9.13 Å². The third-order valence-electron chi connectivity index (χ3n) is 4.99. The van der Waals surface area contributed by atoms with Gasteiger partial charge < -0.3 is 15.4 Å². The zero-order valence-corrected chi connectivity index (χ0v) is 17.2. The monoisotopic (exact) mass is 415 g/mol. The first kappa shape index (κ1) is 21.5. The van der Waals surface area contributed by atoms with Gasteiger partial charge in [0.2, 0.25) is 0 Å². The first-order valence-electron chi connectivity index (χ1n) is 9.86. The Morgan fingerprint density at radius 2 is 2.10 bits per heavy atom. The van der Waals surface area contributed by atoms with Gasteiger partial charge in [-0.25, -0.2) is 9.18 Å². The van der Waals surface area contributed by atoms with Crippen LogP contribution in [0.1, 0.15) is 25.3 Å². The number of nitrogens with one attached hydrogen (secondary N) is 1. The lowest BCUT2D eigenvalue weighted by molar-refractivity contribution is 0.205. The summed E-state index contributed by atoms with van der Waals surface area (Å²) < 4.78 is 20.8. The molecule has 0 aliphatic carbocycles. The summed E-state index contributed by atoms with van der Waals surface area (Å²) in [7, 11) is 1.56. The number of ether oxygens (including phenoxy) is 1. The van der Waals surface area contributed by atoms with Crippen LogP contribution in [0.3, 0.4) is 0 Å². The van der Waals surface area contributed by atoms with Crippen LogP contribution in [-0.4, -0.2) is 34.8 Å². The molecule has 9 heteroatoms. The molecule has 8 nitrogen and oxygen atoms in total. The van der Waals surface area contributed by atoms with Crippen LogP contribution >= 0.6 is 0 Å². The first-order chi connectivity index (χ1) is 14.5. The van der Waals surface area contributed by atoms with Crippen LogP contribution < -0.4 is 21.9 Å². The van der Waals surface area contributed by atoms with Crippen LogP contribution in [0, 0.1) is 5.82 Å². The second-order valence-electron chi connectivity index (χ2n) is 7.02. The topological polar surface area (TPSA) is 106 Å². The molecule has 0 aliphatic heterocycles. The van der Waals surface area contributed by atoms with E-state index < -0.39 is 11.2 Å². The number of rotatable bonds is 9. The number of pyridine rings is 1. The number of anilines is 2. The third-order valence-corrected chi connectivity index (χ3v) is 4.99. The number of benzene rings is 1. The molecule has 0 aliphatic rings. The number of methoxy groups -OCH3 is 1. The SMILES string of the molecule is CCCCn1c(N)c(N(CCOC)Cc2ccc(F)c3cccnc23)c(=O)[nH]c1=O.